The number of hydrogen-bond acceptors (Lipinski definition) is 5. The predicted octanol–water partition coefficient (Wildman–Crippen LogP) is 0.0303. The Morgan fingerprint density at radius 1 is 1.00 bits per heavy atom. The van der Waals surface area contributed by atoms with Gasteiger partial charge in [-0.25, -0.2) is 0 Å². The third kappa shape index (κ3) is 47.4. The predicted molar refractivity (Wildman–Crippen MR) is 16.4 cm³/mol. The summed E-state index contributed by atoms with van der Waals surface area (Å²) < 4.78 is 0. The quantitative estimate of drug-likeness (QED) is 0.181. The largest absolute Gasteiger partial charge is 0.536 e. The minimum atomic E-state index is 0. The third-order valence-electron chi connectivity index (χ3n) is 0.181. The van der Waals surface area contributed by atoms with Gasteiger partial charge in [-0.1, -0.05) is 6.79 Å². The summed E-state index contributed by atoms with van der Waals surface area (Å²) in [6.45, 7) is 0.766. The van der Waals surface area contributed by atoms with Crippen molar-refractivity contribution in [2.75, 3.05) is 0 Å². The van der Waals surface area contributed by atoms with E-state index in [0.29, 0.717) is 6.79 Å². The van der Waals surface area contributed by atoms with Gasteiger partial charge in [-0.2, -0.15) is 0 Å². The van der Waals surface area contributed by atoms with Crippen LogP contribution in [0.25, 0.3) is 0 Å². The van der Waals surface area contributed by atoms with Gasteiger partial charge >= 0.3 is 0 Å². The summed E-state index contributed by atoms with van der Waals surface area (Å²) in [7, 11) is 0. The Morgan fingerprint density at radius 3 is 1.73 bits per heavy atom. The van der Waals surface area contributed by atoms with Crippen LogP contribution in [-0.2, 0) is 55.5 Å². The molecule has 0 aliphatic rings. The van der Waals surface area contributed by atoms with Crippen molar-refractivity contribution in [3.8, 4) is 0 Å². The van der Waals surface area contributed by atoms with E-state index in [1.807, 2.05) is 0 Å². The van der Waals surface area contributed by atoms with Gasteiger partial charge in [0.25, 0.3) is 0 Å². The molecular formula is C2H4O5Re2Rf2-2. The Kier molecular flexibility index (Phi) is 103. The molecule has 9 heteroatoms. The first-order valence-electron chi connectivity index (χ1n) is 1.31. The summed E-state index contributed by atoms with van der Waals surface area (Å²) in [5, 5.41) is 15.1. The molecule has 0 aliphatic heterocycles. The van der Waals surface area contributed by atoms with Crippen LogP contribution in [0.15, 0.2) is 0 Å². The Bertz CT molecular complexity index is 39.7. The molecule has 0 aromatic heterocycles. The maximum absolute atomic E-state index is 7.66. The molecule has 62 valence electrons. The van der Waals surface area contributed by atoms with Gasteiger partial charge in [-0.15, -0.1) is 0 Å². The Balaban J connectivity index is -0.0000000300. The molecule has 0 rings (SSSR count). The maximum atomic E-state index is 7.66. The SMILES string of the molecule is O[CH-]OO[CH-]OO.[Re].[Re].[Rf].[Rf]. The van der Waals surface area contributed by atoms with Crippen LogP contribution in [0.2, 0.25) is 0 Å². The normalized spacial score (nSPS) is 6.00. The maximum Gasteiger partial charge on any atom is 0 e. The topological polar surface area (TPSA) is 68.2 Å². The van der Waals surface area contributed by atoms with Crippen molar-refractivity contribution in [2.24, 2.45) is 0 Å². The van der Waals surface area contributed by atoms with Gasteiger partial charge in [0.1, 0.15) is 0 Å². The fraction of sp³-hybridized carbons (Fsp3) is 0. The molecule has 0 fully saturated rings. The second-order valence-corrected chi connectivity index (χ2v) is 0.499. The first-order chi connectivity index (χ1) is 3.41. The van der Waals surface area contributed by atoms with Crippen molar-refractivity contribution in [3.63, 3.8) is 0 Å². The molecule has 2 N–H and O–H groups in total. The Hall–Kier alpha value is -0.875. The van der Waals surface area contributed by atoms with E-state index in [-0.39, 0.29) is 47.6 Å². The van der Waals surface area contributed by atoms with Crippen molar-refractivity contribution in [1.82, 2.24) is 0 Å². The minimum absolute atomic E-state index is 0. The molecule has 0 aliphatic carbocycles. The molecule has 2 radical (unpaired) electrons. The van der Waals surface area contributed by atoms with Crippen molar-refractivity contribution in [2.45, 2.75) is 0 Å². The van der Waals surface area contributed by atoms with Crippen LogP contribution < -0.4 is 0 Å². The standard InChI is InChI=1S/C2H4O5.2Re.2Rf/c3-1-6-7-2-5-4;;;;/h1-4H;;;;/q-2;;;;. The summed E-state index contributed by atoms with van der Waals surface area (Å²) in [6, 6.07) is 0. The van der Waals surface area contributed by atoms with Gasteiger partial charge in [0.2, 0.25) is 0 Å². The molecule has 0 spiro atoms. The van der Waals surface area contributed by atoms with Gasteiger partial charge in [-0.05, 0) is 6.79 Å². The average molecular weight is 1010 g/mol. The molecule has 11 heavy (non-hydrogen) atoms. The fourth-order valence-corrected chi connectivity index (χ4v) is 0.0651. The van der Waals surface area contributed by atoms with E-state index in [9.17, 15) is 0 Å². The molecule has 0 aromatic carbocycles. The molecular weight excluding hydrogens is 1010 g/mol. The van der Waals surface area contributed by atoms with Crippen LogP contribution in [-0.4, -0.2) is 10.4 Å². The smallest absolute Gasteiger partial charge is 0 e. The third-order valence-corrected chi connectivity index (χ3v) is 0.181. The summed E-state index contributed by atoms with van der Waals surface area (Å²) >= 11 is 0. The van der Waals surface area contributed by atoms with Crippen LogP contribution in [0.4, 0.5) is 0 Å². The minimum Gasteiger partial charge on any atom is -0.536 e. The van der Waals surface area contributed by atoms with Gasteiger partial charge < -0.3 is 19.8 Å². The van der Waals surface area contributed by atoms with Gasteiger partial charge in [-0.3, -0.25) is 5.26 Å². The zero-order valence-corrected chi connectivity index (χ0v) is 23.7. The van der Waals surface area contributed by atoms with Gasteiger partial charge in [0.15, 0.2) is 0 Å². The first-order valence-corrected chi connectivity index (χ1v) is 1.31. The van der Waals surface area contributed by atoms with Crippen LogP contribution in [0.3, 0.4) is 0 Å². The van der Waals surface area contributed by atoms with Gasteiger partial charge in [0.05, 0.1) is 0 Å². The molecule has 0 bridgehead atoms. The second-order valence-electron chi connectivity index (χ2n) is 0.499. The average Bonchev–Trinajstić information content (AvgIpc) is 1.69. The van der Waals surface area contributed by atoms with Crippen LogP contribution in [0, 0.1) is 13.6 Å². The molecule has 0 saturated heterocycles. The zero-order valence-electron chi connectivity index (χ0n) is 5.44. The monoisotopic (exact) mass is 1020 g/mol. The Morgan fingerprint density at radius 2 is 1.45 bits per heavy atom. The van der Waals surface area contributed by atoms with Crippen molar-refractivity contribution in [3.05, 3.63) is 13.6 Å². The van der Waals surface area contributed by atoms with Crippen molar-refractivity contribution in [1.29, 1.82) is 0 Å². The zero-order chi connectivity index (χ0) is 5.54. The van der Waals surface area contributed by atoms with E-state index in [4.69, 9.17) is 10.4 Å². The fourth-order valence-electron chi connectivity index (χ4n) is 0.0651. The van der Waals surface area contributed by atoms with Crippen LogP contribution >= 0.6 is 0 Å². The second kappa shape index (κ2) is 35.4. The molecule has 5 nitrogen and oxygen atoms in total. The molecule has 0 amide bonds. The van der Waals surface area contributed by atoms with Crippen LogP contribution in [0.5, 0.6) is 0 Å². The van der Waals surface area contributed by atoms with Gasteiger partial charge in [0, 0.05) is 40.8 Å². The first kappa shape index (κ1) is 32.1. The molecule has 0 heterocycles. The van der Waals surface area contributed by atoms with E-state index >= 15 is 0 Å². The number of aliphatic hydroxyl groups is 1. The van der Waals surface area contributed by atoms with E-state index in [1.165, 1.54) is 0 Å². The number of hydrogen-bond donors (Lipinski definition) is 2. The molecule has 0 unspecified atom stereocenters. The summed E-state index contributed by atoms with van der Waals surface area (Å²) in [5.74, 6) is 0. The summed E-state index contributed by atoms with van der Waals surface area (Å²) in [6.07, 6.45) is 0. The summed E-state index contributed by atoms with van der Waals surface area (Å²) in [5.41, 5.74) is 0. The van der Waals surface area contributed by atoms with Crippen molar-refractivity contribution >= 4 is 0 Å². The molecule has 0 saturated carbocycles. The Labute approximate surface area is 79.5 Å². The molecule has 0 atom stereocenters. The van der Waals surface area contributed by atoms with E-state index in [0.717, 1.165) is 0 Å². The van der Waals surface area contributed by atoms with E-state index < -0.39 is 0 Å². The van der Waals surface area contributed by atoms with Crippen molar-refractivity contribution < 1.29 is 65.9 Å². The summed E-state index contributed by atoms with van der Waals surface area (Å²) in [4.78, 5) is 10.6. The number of rotatable bonds is 4. The number of aliphatic hydroxyl groups excluding tert-OH is 1. The molecule has 0 aromatic rings. The van der Waals surface area contributed by atoms with Crippen LogP contribution in [0.1, 0.15) is 0 Å². The van der Waals surface area contributed by atoms with E-state index in [2.05, 4.69) is 14.7 Å². The van der Waals surface area contributed by atoms with E-state index in [1.54, 1.807) is 0 Å².